The van der Waals surface area contributed by atoms with E-state index in [-0.39, 0.29) is 18.0 Å². The molecule has 1 nitrogen and oxygen atoms in total. The highest BCUT2D eigenvalue weighted by Crippen LogP contribution is 2.59. The fraction of sp³-hybridized carbons (Fsp3) is 0.500. The summed E-state index contributed by atoms with van der Waals surface area (Å²) in [4.78, 5) is 0. The molecule has 1 rings (SSSR count). The summed E-state index contributed by atoms with van der Waals surface area (Å²) in [5, 5.41) is 8.64. The molecule has 0 aliphatic heterocycles. The lowest BCUT2D eigenvalue weighted by atomic mass is 9.94. The van der Waals surface area contributed by atoms with Gasteiger partial charge in [0.1, 0.15) is 0 Å². The first-order valence-corrected chi connectivity index (χ1v) is 4.00. The summed E-state index contributed by atoms with van der Waals surface area (Å²) in [6.07, 6.45) is 3.10. The Labute approximate surface area is 72.2 Å². The maximum Gasteiger partial charge on any atom is 0.0950 e. The minimum absolute atomic E-state index is 0.257. The van der Waals surface area contributed by atoms with Crippen molar-refractivity contribution in [1.29, 1.82) is 5.26 Å². The lowest BCUT2D eigenvalue weighted by Gasteiger charge is -2.07. The van der Waals surface area contributed by atoms with Crippen molar-refractivity contribution in [2.75, 3.05) is 6.67 Å². The van der Waals surface area contributed by atoms with E-state index in [9.17, 15) is 4.39 Å². The second-order valence-electron chi connectivity index (χ2n) is 3.21. The van der Waals surface area contributed by atoms with Gasteiger partial charge in [-0.3, -0.25) is 4.39 Å². The van der Waals surface area contributed by atoms with Crippen LogP contribution in [0.4, 0.5) is 4.39 Å². The van der Waals surface area contributed by atoms with Crippen LogP contribution in [0.15, 0.2) is 24.8 Å². The van der Waals surface area contributed by atoms with E-state index < -0.39 is 0 Å². The van der Waals surface area contributed by atoms with E-state index in [0.717, 1.165) is 6.42 Å². The Kier molecular flexibility index (Phi) is 2.32. The summed E-state index contributed by atoms with van der Waals surface area (Å²) < 4.78 is 12.0. The largest absolute Gasteiger partial charge is 0.251 e. The molecule has 2 atom stereocenters. The normalized spacial score (nSPS) is 32.2. The lowest BCUT2D eigenvalue weighted by molar-refractivity contribution is 0.438. The van der Waals surface area contributed by atoms with Gasteiger partial charge in [-0.2, -0.15) is 5.26 Å². The fourth-order valence-corrected chi connectivity index (χ4v) is 1.69. The van der Waals surface area contributed by atoms with Gasteiger partial charge in [-0.1, -0.05) is 12.7 Å². The van der Waals surface area contributed by atoms with Crippen molar-refractivity contribution in [1.82, 2.24) is 0 Å². The van der Waals surface area contributed by atoms with Crippen molar-refractivity contribution in [2.45, 2.75) is 12.8 Å². The molecular formula is C10H12FN. The zero-order valence-corrected chi connectivity index (χ0v) is 7.02. The molecule has 1 aliphatic carbocycles. The summed E-state index contributed by atoms with van der Waals surface area (Å²) in [7, 11) is 0. The van der Waals surface area contributed by atoms with Crippen molar-refractivity contribution in [3.8, 4) is 6.07 Å². The predicted molar refractivity (Wildman–Crippen MR) is 46.1 cm³/mol. The highest BCUT2D eigenvalue weighted by molar-refractivity contribution is 5.38. The van der Waals surface area contributed by atoms with Crippen LogP contribution in [0.5, 0.6) is 0 Å². The molecule has 0 N–H and O–H groups in total. The minimum atomic E-state index is -0.320. The molecule has 0 radical (unpaired) electrons. The number of hydrogen-bond donors (Lipinski definition) is 0. The molecule has 1 fully saturated rings. The number of halogens is 1. The Morgan fingerprint density at radius 1 is 1.83 bits per heavy atom. The molecule has 1 aliphatic rings. The molecule has 12 heavy (non-hydrogen) atoms. The molecule has 1 saturated carbocycles. The molecule has 64 valence electrons. The Balaban J connectivity index is 2.66. The Hall–Kier alpha value is -1.10. The summed E-state index contributed by atoms with van der Waals surface area (Å²) in [5.41, 5.74) is 0.261. The molecule has 0 aromatic rings. The van der Waals surface area contributed by atoms with Gasteiger partial charge in [0.15, 0.2) is 0 Å². The van der Waals surface area contributed by atoms with Crippen LogP contribution >= 0.6 is 0 Å². The van der Waals surface area contributed by atoms with Gasteiger partial charge in [0.25, 0.3) is 0 Å². The van der Waals surface area contributed by atoms with Gasteiger partial charge in [0, 0.05) is 11.0 Å². The second-order valence-corrected chi connectivity index (χ2v) is 3.21. The smallest absolute Gasteiger partial charge is 0.0950 e. The summed E-state index contributed by atoms with van der Waals surface area (Å²) in [6, 6.07) is 2.02. The molecular weight excluding hydrogens is 153 g/mol. The van der Waals surface area contributed by atoms with Crippen LogP contribution in [0.3, 0.4) is 0 Å². The average Bonchev–Trinajstić information content (AvgIpc) is 2.79. The highest BCUT2D eigenvalue weighted by Gasteiger charge is 2.53. The summed E-state index contributed by atoms with van der Waals surface area (Å²) in [6.45, 7) is 7.00. The quantitative estimate of drug-likeness (QED) is 0.464. The number of nitriles is 1. The first-order chi connectivity index (χ1) is 5.71. The number of allylic oxidation sites excluding steroid dienone is 2. The van der Waals surface area contributed by atoms with Crippen molar-refractivity contribution in [3.63, 3.8) is 0 Å². The SMILES string of the molecule is C=CC1(C(=C)C#N)CC1CCF. The van der Waals surface area contributed by atoms with Gasteiger partial charge in [0.05, 0.1) is 12.7 Å². The molecule has 0 heterocycles. The number of rotatable bonds is 4. The molecule has 2 unspecified atom stereocenters. The van der Waals surface area contributed by atoms with Crippen LogP contribution < -0.4 is 0 Å². The van der Waals surface area contributed by atoms with Crippen LogP contribution in [-0.4, -0.2) is 6.67 Å². The number of alkyl halides is 1. The van der Waals surface area contributed by atoms with Crippen LogP contribution in [0, 0.1) is 22.7 Å². The molecule has 0 amide bonds. The van der Waals surface area contributed by atoms with Crippen LogP contribution in [0.2, 0.25) is 0 Å². The zero-order chi connectivity index (χ0) is 9.19. The minimum Gasteiger partial charge on any atom is -0.251 e. The zero-order valence-electron chi connectivity index (χ0n) is 7.02. The Morgan fingerprint density at radius 3 is 2.92 bits per heavy atom. The van der Waals surface area contributed by atoms with Gasteiger partial charge >= 0.3 is 0 Å². The molecule has 0 saturated heterocycles. The molecule has 2 heteroatoms. The van der Waals surface area contributed by atoms with Crippen molar-refractivity contribution in [2.24, 2.45) is 11.3 Å². The molecule has 0 spiro atoms. The van der Waals surface area contributed by atoms with E-state index in [1.165, 1.54) is 0 Å². The van der Waals surface area contributed by atoms with Gasteiger partial charge in [0.2, 0.25) is 0 Å². The van der Waals surface area contributed by atoms with E-state index in [2.05, 4.69) is 13.2 Å². The van der Waals surface area contributed by atoms with Crippen LogP contribution in [-0.2, 0) is 0 Å². The van der Waals surface area contributed by atoms with E-state index in [1.54, 1.807) is 6.08 Å². The fourth-order valence-electron chi connectivity index (χ4n) is 1.69. The summed E-state index contributed by atoms with van der Waals surface area (Å²) in [5.74, 6) is 0.257. The van der Waals surface area contributed by atoms with E-state index in [1.807, 2.05) is 6.07 Å². The monoisotopic (exact) mass is 165 g/mol. The van der Waals surface area contributed by atoms with Crippen LogP contribution in [0.1, 0.15) is 12.8 Å². The Bertz CT molecular complexity index is 251. The molecule has 0 bridgehead atoms. The molecule has 0 aromatic heterocycles. The van der Waals surface area contributed by atoms with Crippen molar-refractivity contribution in [3.05, 3.63) is 24.8 Å². The number of nitrogens with zero attached hydrogens (tertiary/aromatic N) is 1. The third-order valence-corrected chi connectivity index (χ3v) is 2.67. The van der Waals surface area contributed by atoms with Crippen molar-refractivity contribution < 1.29 is 4.39 Å². The van der Waals surface area contributed by atoms with Gasteiger partial charge in [-0.15, -0.1) is 6.58 Å². The third-order valence-electron chi connectivity index (χ3n) is 2.67. The van der Waals surface area contributed by atoms with Gasteiger partial charge < -0.3 is 0 Å². The van der Waals surface area contributed by atoms with Gasteiger partial charge in [-0.25, -0.2) is 0 Å². The van der Waals surface area contributed by atoms with E-state index >= 15 is 0 Å². The lowest BCUT2D eigenvalue weighted by Crippen LogP contribution is -2.02. The summed E-state index contributed by atoms with van der Waals surface area (Å²) >= 11 is 0. The standard InChI is InChI=1S/C10H12FN/c1-3-10(8(2)7-12)6-9(10)4-5-11/h3,9H,1-2,4-6H2. The first-order valence-electron chi connectivity index (χ1n) is 4.00. The predicted octanol–water partition coefficient (Wildman–Crippen LogP) is 2.62. The highest BCUT2D eigenvalue weighted by atomic mass is 19.1. The second kappa shape index (κ2) is 3.10. The Morgan fingerprint density at radius 2 is 2.50 bits per heavy atom. The average molecular weight is 165 g/mol. The van der Waals surface area contributed by atoms with Crippen LogP contribution in [0.25, 0.3) is 0 Å². The van der Waals surface area contributed by atoms with E-state index in [4.69, 9.17) is 5.26 Å². The van der Waals surface area contributed by atoms with Crippen molar-refractivity contribution >= 4 is 0 Å². The number of hydrogen-bond acceptors (Lipinski definition) is 1. The maximum atomic E-state index is 12.0. The topological polar surface area (TPSA) is 23.8 Å². The molecule has 0 aromatic carbocycles. The van der Waals surface area contributed by atoms with Gasteiger partial charge in [-0.05, 0) is 18.8 Å². The maximum absolute atomic E-state index is 12.0. The third kappa shape index (κ3) is 1.16. The first kappa shape index (κ1) is 8.99. The van der Waals surface area contributed by atoms with E-state index in [0.29, 0.717) is 12.0 Å².